The molecule has 18 heavy (non-hydrogen) atoms. The molecular weight excluding hydrogens is 277 g/mol. The molecule has 1 aromatic carbocycles. The standard InChI is InChI=1S/C12H15Cl2NO3/c1-15(6-5-11(16)17)7-8-18-12-9(13)3-2-4-10(12)14/h2-4H,5-8H2,1H3,(H,16,17). The van der Waals surface area contributed by atoms with Crippen molar-refractivity contribution in [2.45, 2.75) is 6.42 Å². The van der Waals surface area contributed by atoms with E-state index in [4.69, 9.17) is 33.0 Å². The van der Waals surface area contributed by atoms with Crippen molar-refractivity contribution in [1.82, 2.24) is 4.90 Å². The van der Waals surface area contributed by atoms with Crippen molar-refractivity contribution in [1.29, 1.82) is 0 Å². The Hall–Kier alpha value is -0.970. The number of carboxylic acids is 1. The smallest absolute Gasteiger partial charge is 0.304 e. The first-order valence-electron chi connectivity index (χ1n) is 5.48. The average Bonchev–Trinajstić information content (AvgIpc) is 2.30. The van der Waals surface area contributed by atoms with Crippen LogP contribution in [0, 0.1) is 0 Å². The van der Waals surface area contributed by atoms with E-state index in [1.807, 2.05) is 11.9 Å². The molecule has 0 heterocycles. The van der Waals surface area contributed by atoms with Crippen molar-refractivity contribution in [3.8, 4) is 5.75 Å². The number of hydrogen-bond donors (Lipinski definition) is 1. The number of aliphatic carboxylic acids is 1. The van der Waals surface area contributed by atoms with Gasteiger partial charge in [-0.1, -0.05) is 29.3 Å². The molecule has 1 rings (SSSR count). The molecule has 100 valence electrons. The Kier molecular flexibility index (Phi) is 6.25. The largest absolute Gasteiger partial charge is 0.489 e. The third-order valence-electron chi connectivity index (χ3n) is 2.35. The number of hydrogen-bond acceptors (Lipinski definition) is 3. The number of nitrogens with zero attached hydrogens (tertiary/aromatic N) is 1. The van der Waals surface area contributed by atoms with Crippen molar-refractivity contribution in [3.63, 3.8) is 0 Å². The number of ether oxygens (including phenoxy) is 1. The lowest BCUT2D eigenvalue weighted by Crippen LogP contribution is -2.26. The van der Waals surface area contributed by atoms with E-state index in [1.54, 1.807) is 18.2 Å². The molecule has 0 aromatic heterocycles. The summed E-state index contributed by atoms with van der Waals surface area (Å²) in [5.74, 6) is -0.343. The van der Waals surface area contributed by atoms with Gasteiger partial charge in [0.15, 0.2) is 5.75 Å². The first-order chi connectivity index (χ1) is 8.50. The molecule has 0 aliphatic heterocycles. The van der Waals surface area contributed by atoms with Gasteiger partial charge >= 0.3 is 5.97 Å². The molecule has 0 radical (unpaired) electrons. The minimum absolute atomic E-state index is 0.114. The molecule has 4 nitrogen and oxygen atoms in total. The maximum atomic E-state index is 10.4. The number of carboxylic acid groups (broad SMARTS) is 1. The molecule has 0 saturated carbocycles. The van der Waals surface area contributed by atoms with E-state index < -0.39 is 5.97 Å². The van der Waals surface area contributed by atoms with Gasteiger partial charge in [0, 0.05) is 13.1 Å². The molecule has 0 saturated heterocycles. The Balaban J connectivity index is 2.35. The van der Waals surface area contributed by atoms with Crippen molar-refractivity contribution in [2.24, 2.45) is 0 Å². The normalized spacial score (nSPS) is 10.7. The molecule has 0 bridgehead atoms. The van der Waals surface area contributed by atoms with E-state index in [9.17, 15) is 4.79 Å². The fourth-order valence-electron chi connectivity index (χ4n) is 1.32. The summed E-state index contributed by atoms with van der Waals surface area (Å²) in [5, 5.41) is 9.48. The van der Waals surface area contributed by atoms with Crippen molar-refractivity contribution in [3.05, 3.63) is 28.2 Å². The third kappa shape index (κ3) is 5.12. The van der Waals surface area contributed by atoms with Gasteiger partial charge in [-0.15, -0.1) is 0 Å². The summed E-state index contributed by atoms with van der Waals surface area (Å²) in [6.45, 7) is 1.49. The van der Waals surface area contributed by atoms with Gasteiger partial charge in [0.05, 0.1) is 16.5 Å². The van der Waals surface area contributed by atoms with Gasteiger partial charge in [-0.2, -0.15) is 0 Å². The fraction of sp³-hybridized carbons (Fsp3) is 0.417. The summed E-state index contributed by atoms with van der Waals surface area (Å²) in [7, 11) is 1.83. The molecule has 6 heteroatoms. The zero-order chi connectivity index (χ0) is 13.5. The Morgan fingerprint density at radius 3 is 2.50 bits per heavy atom. The van der Waals surface area contributed by atoms with Crippen LogP contribution in [-0.4, -0.2) is 42.7 Å². The van der Waals surface area contributed by atoms with Crippen molar-refractivity contribution >= 4 is 29.2 Å². The average molecular weight is 292 g/mol. The summed E-state index contributed by atoms with van der Waals surface area (Å²) < 4.78 is 5.49. The topological polar surface area (TPSA) is 49.8 Å². The first kappa shape index (κ1) is 15.1. The van der Waals surface area contributed by atoms with Gasteiger partial charge in [0.1, 0.15) is 6.61 Å². The van der Waals surface area contributed by atoms with Crippen LogP contribution in [0.25, 0.3) is 0 Å². The van der Waals surface area contributed by atoms with E-state index in [-0.39, 0.29) is 6.42 Å². The molecule has 0 fully saturated rings. The Morgan fingerprint density at radius 2 is 1.94 bits per heavy atom. The van der Waals surface area contributed by atoms with Crippen LogP contribution < -0.4 is 4.74 Å². The van der Waals surface area contributed by atoms with E-state index >= 15 is 0 Å². The number of likely N-dealkylation sites (N-methyl/N-ethyl adjacent to an activating group) is 1. The molecule has 0 aliphatic rings. The highest BCUT2D eigenvalue weighted by Crippen LogP contribution is 2.32. The van der Waals surface area contributed by atoms with Crippen LogP contribution >= 0.6 is 23.2 Å². The van der Waals surface area contributed by atoms with Crippen molar-refractivity contribution < 1.29 is 14.6 Å². The summed E-state index contributed by atoms with van der Waals surface area (Å²) >= 11 is 11.9. The Labute approximate surface area is 116 Å². The van der Waals surface area contributed by atoms with Crippen LogP contribution in [-0.2, 0) is 4.79 Å². The second-order valence-corrected chi connectivity index (χ2v) is 4.66. The Bertz CT molecular complexity index is 392. The van der Waals surface area contributed by atoms with E-state index in [0.29, 0.717) is 35.5 Å². The second-order valence-electron chi connectivity index (χ2n) is 3.85. The lowest BCUT2D eigenvalue weighted by molar-refractivity contribution is -0.137. The van der Waals surface area contributed by atoms with E-state index in [2.05, 4.69) is 0 Å². The Morgan fingerprint density at radius 1 is 1.33 bits per heavy atom. The summed E-state index contributed by atoms with van der Waals surface area (Å²) in [5.41, 5.74) is 0. The van der Waals surface area contributed by atoms with Gasteiger partial charge < -0.3 is 14.7 Å². The summed E-state index contributed by atoms with van der Waals surface area (Å²) in [6.07, 6.45) is 0.114. The molecule has 1 N–H and O–H groups in total. The highest BCUT2D eigenvalue weighted by molar-refractivity contribution is 6.37. The van der Waals surface area contributed by atoms with Crippen LogP contribution in [0.5, 0.6) is 5.75 Å². The minimum Gasteiger partial charge on any atom is -0.489 e. The SMILES string of the molecule is CN(CCOc1c(Cl)cccc1Cl)CCC(=O)O. The van der Waals surface area contributed by atoms with Crippen LogP contribution in [0.3, 0.4) is 0 Å². The van der Waals surface area contributed by atoms with Gasteiger partial charge in [0.2, 0.25) is 0 Å². The lowest BCUT2D eigenvalue weighted by atomic mass is 10.3. The second kappa shape index (κ2) is 7.46. The van der Waals surface area contributed by atoms with Gasteiger partial charge in [-0.3, -0.25) is 4.79 Å². The summed E-state index contributed by atoms with van der Waals surface area (Å²) in [4.78, 5) is 12.3. The van der Waals surface area contributed by atoms with E-state index in [1.165, 1.54) is 0 Å². The minimum atomic E-state index is -0.808. The van der Waals surface area contributed by atoms with Crippen molar-refractivity contribution in [2.75, 3.05) is 26.7 Å². The first-order valence-corrected chi connectivity index (χ1v) is 6.23. The zero-order valence-electron chi connectivity index (χ0n) is 10.0. The maximum absolute atomic E-state index is 10.4. The number of rotatable bonds is 7. The fourth-order valence-corrected chi connectivity index (χ4v) is 1.83. The van der Waals surface area contributed by atoms with Gasteiger partial charge in [-0.25, -0.2) is 0 Å². The number of para-hydroxylation sites is 1. The van der Waals surface area contributed by atoms with Gasteiger partial charge in [-0.05, 0) is 19.2 Å². The zero-order valence-corrected chi connectivity index (χ0v) is 11.5. The number of halogens is 2. The molecule has 0 unspecified atom stereocenters. The maximum Gasteiger partial charge on any atom is 0.304 e. The van der Waals surface area contributed by atoms with Crippen LogP contribution in [0.2, 0.25) is 10.0 Å². The third-order valence-corrected chi connectivity index (χ3v) is 2.94. The number of carbonyl (C=O) groups is 1. The molecule has 1 aromatic rings. The van der Waals surface area contributed by atoms with E-state index in [0.717, 1.165) is 0 Å². The molecular formula is C12H15Cl2NO3. The molecule has 0 aliphatic carbocycles. The lowest BCUT2D eigenvalue weighted by Gasteiger charge is -2.16. The number of benzene rings is 1. The molecule has 0 spiro atoms. The van der Waals surface area contributed by atoms with Crippen LogP contribution in [0.1, 0.15) is 6.42 Å². The quantitative estimate of drug-likeness (QED) is 0.839. The monoisotopic (exact) mass is 291 g/mol. The predicted octanol–water partition coefficient (Wildman–Crippen LogP) is 2.78. The van der Waals surface area contributed by atoms with Gasteiger partial charge in [0.25, 0.3) is 0 Å². The highest BCUT2D eigenvalue weighted by Gasteiger charge is 2.07. The highest BCUT2D eigenvalue weighted by atomic mass is 35.5. The predicted molar refractivity (Wildman–Crippen MR) is 71.7 cm³/mol. The molecule has 0 atom stereocenters. The van der Waals surface area contributed by atoms with Crippen LogP contribution in [0.15, 0.2) is 18.2 Å². The van der Waals surface area contributed by atoms with Crippen LogP contribution in [0.4, 0.5) is 0 Å². The summed E-state index contributed by atoms with van der Waals surface area (Å²) in [6, 6.07) is 5.16. The molecule has 0 amide bonds.